The van der Waals surface area contributed by atoms with Crippen LogP contribution in [0.5, 0.6) is 5.75 Å². The Morgan fingerprint density at radius 3 is 2.74 bits per heavy atom. The minimum Gasteiger partial charge on any atom is -0.494 e. The Bertz CT molecular complexity index is 450. The molecule has 0 heterocycles. The van der Waals surface area contributed by atoms with E-state index in [0.717, 1.165) is 0 Å². The summed E-state index contributed by atoms with van der Waals surface area (Å²) in [5, 5.41) is 11.9. The van der Waals surface area contributed by atoms with E-state index in [-0.39, 0.29) is 5.82 Å². The van der Waals surface area contributed by atoms with Crippen molar-refractivity contribution in [2.45, 2.75) is 32.2 Å². The van der Waals surface area contributed by atoms with E-state index < -0.39 is 11.5 Å². The summed E-state index contributed by atoms with van der Waals surface area (Å²) in [6.07, 6.45) is 1.05. The van der Waals surface area contributed by atoms with Gasteiger partial charge in [0.15, 0.2) is 0 Å². The minimum absolute atomic E-state index is 0.263. The molecule has 0 aromatic heterocycles. The number of rotatable bonds is 7. The number of hydrogen-bond acceptors (Lipinski definition) is 3. The van der Waals surface area contributed by atoms with Gasteiger partial charge in [0, 0.05) is 0 Å². The van der Waals surface area contributed by atoms with Crippen LogP contribution in [0.4, 0.5) is 4.39 Å². The number of carboxylic acid groups (broad SMARTS) is 1. The predicted octanol–water partition coefficient (Wildman–Crippen LogP) is 2.36. The number of hydrogen-bond donors (Lipinski definition) is 2. The lowest BCUT2D eigenvalue weighted by molar-refractivity contribution is -0.144. The molecule has 4 nitrogen and oxygen atoms in total. The largest absolute Gasteiger partial charge is 0.494 e. The standard InChI is InChI=1S/C14H20FNO3/c1-10-9-11(5-6-12(10)15)19-8-4-7-14(2,16-3)13(17)18/h5-6,9,16H,4,7-8H2,1-3H3,(H,17,18). The molecule has 0 saturated carbocycles. The molecular formula is C14H20FNO3. The molecule has 0 bridgehead atoms. The average molecular weight is 269 g/mol. The number of benzene rings is 1. The molecule has 1 unspecified atom stereocenters. The van der Waals surface area contributed by atoms with Crippen LogP contribution in [0.1, 0.15) is 25.3 Å². The van der Waals surface area contributed by atoms with Gasteiger partial charge in [0.2, 0.25) is 0 Å². The number of aliphatic carboxylic acids is 1. The van der Waals surface area contributed by atoms with E-state index >= 15 is 0 Å². The second kappa shape index (κ2) is 6.52. The Balaban J connectivity index is 2.42. The topological polar surface area (TPSA) is 58.6 Å². The van der Waals surface area contributed by atoms with E-state index in [2.05, 4.69) is 5.32 Å². The van der Waals surface area contributed by atoms with Crippen molar-refractivity contribution in [2.75, 3.05) is 13.7 Å². The molecule has 106 valence electrons. The molecule has 0 aliphatic rings. The molecule has 1 atom stereocenters. The lowest BCUT2D eigenvalue weighted by Crippen LogP contribution is -2.47. The van der Waals surface area contributed by atoms with Crippen molar-refractivity contribution in [1.82, 2.24) is 5.32 Å². The Morgan fingerprint density at radius 2 is 2.21 bits per heavy atom. The van der Waals surface area contributed by atoms with Gasteiger partial charge in [-0.2, -0.15) is 0 Å². The van der Waals surface area contributed by atoms with Crippen LogP contribution in [-0.2, 0) is 4.79 Å². The highest BCUT2D eigenvalue weighted by Crippen LogP contribution is 2.17. The van der Waals surface area contributed by atoms with E-state index in [1.165, 1.54) is 6.07 Å². The number of nitrogens with one attached hydrogen (secondary N) is 1. The molecule has 0 fully saturated rings. The molecule has 1 aromatic carbocycles. The summed E-state index contributed by atoms with van der Waals surface area (Å²) in [6.45, 7) is 3.71. The smallest absolute Gasteiger partial charge is 0.323 e. The summed E-state index contributed by atoms with van der Waals surface area (Å²) in [7, 11) is 1.62. The maximum absolute atomic E-state index is 13.0. The second-order valence-corrected chi connectivity index (χ2v) is 4.75. The highest BCUT2D eigenvalue weighted by molar-refractivity contribution is 5.78. The van der Waals surface area contributed by atoms with Gasteiger partial charge in [0.05, 0.1) is 6.61 Å². The van der Waals surface area contributed by atoms with Crippen molar-refractivity contribution < 1.29 is 19.0 Å². The van der Waals surface area contributed by atoms with Gasteiger partial charge in [-0.25, -0.2) is 4.39 Å². The lowest BCUT2D eigenvalue weighted by Gasteiger charge is -2.23. The number of likely N-dealkylation sites (N-methyl/N-ethyl adjacent to an activating group) is 1. The molecule has 2 N–H and O–H groups in total. The number of aryl methyl sites for hydroxylation is 1. The average Bonchev–Trinajstić information content (AvgIpc) is 2.38. The summed E-state index contributed by atoms with van der Waals surface area (Å²) in [5.41, 5.74) is -0.412. The molecule has 0 amide bonds. The van der Waals surface area contributed by atoms with Crippen molar-refractivity contribution in [3.8, 4) is 5.75 Å². The molecule has 0 saturated heterocycles. The highest BCUT2D eigenvalue weighted by Gasteiger charge is 2.30. The second-order valence-electron chi connectivity index (χ2n) is 4.75. The van der Waals surface area contributed by atoms with E-state index in [4.69, 9.17) is 9.84 Å². The Labute approximate surface area is 112 Å². The normalized spacial score (nSPS) is 13.9. The Kier molecular flexibility index (Phi) is 5.30. The van der Waals surface area contributed by atoms with Gasteiger partial charge in [0.1, 0.15) is 17.1 Å². The highest BCUT2D eigenvalue weighted by atomic mass is 19.1. The van der Waals surface area contributed by atoms with Crippen LogP contribution >= 0.6 is 0 Å². The number of carboxylic acids is 1. The predicted molar refractivity (Wildman–Crippen MR) is 71.0 cm³/mol. The van der Waals surface area contributed by atoms with Crippen LogP contribution in [0.25, 0.3) is 0 Å². The van der Waals surface area contributed by atoms with Gasteiger partial charge in [-0.3, -0.25) is 4.79 Å². The van der Waals surface area contributed by atoms with Crippen LogP contribution in [0.3, 0.4) is 0 Å². The van der Waals surface area contributed by atoms with Crippen LogP contribution in [0.15, 0.2) is 18.2 Å². The number of halogens is 1. The SMILES string of the molecule is CNC(C)(CCCOc1ccc(F)c(C)c1)C(=O)O. The van der Waals surface area contributed by atoms with Crippen LogP contribution in [0.2, 0.25) is 0 Å². The molecule has 19 heavy (non-hydrogen) atoms. The van der Waals surface area contributed by atoms with Crippen molar-refractivity contribution in [3.63, 3.8) is 0 Å². The maximum Gasteiger partial charge on any atom is 0.323 e. The molecule has 0 aliphatic carbocycles. The third-order valence-corrected chi connectivity index (χ3v) is 3.24. The van der Waals surface area contributed by atoms with E-state index in [1.807, 2.05) is 0 Å². The van der Waals surface area contributed by atoms with Crippen molar-refractivity contribution in [1.29, 1.82) is 0 Å². The van der Waals surface area contributed by atoms with Gasteiger partial charge in [-0.15, -0.1) is 0 Å². The summed E-state index contributed by atoms with van der Waals surface area (Å²) in [4.78, 5) is 11.1. The van der Waals surface area contributed by atoms with Gasteiger partial charge >= 0.3 is 5.97 Å². The summed E-state index contributed by atoms with van der Waals surface area (Å²) >= 11 is 0. The number of ether oxygens (including phenoxy) is 1. The number of carbonyl (C=O) groups is 1. The van der Waals surface area contributed by atoms with Crippen LogP contribution < -0.4 is 10.1 Å². The molecule has 1 rings (SSSR count). The van der Waals surface area contributed by atoms with E-state index in [9.17, 15) is 9.18 Å². The van der Waals surface area contributed by atoms with Gasteiger partial charge in [-0.05, 0) is 57.5 Å². The van der Waals surface area contributed by atoms with E-state index in [0.29, 0.717) is 30.8 Å². The fraction of sp³-hybridized carbons (Fsp3) is 0.500. The van der Waals surface area contributed by atoms with E-state index in [1.54, 1.807) is 33.0 Å². The summed E-state index contributed by atoms with van der Waals surface area (Å²) < 4.78 is 18.5. The minimum atomic E-state index is -0.942. The van der Waals surface area contributed by atoms with Crippen molar-refractivity contribution in [2.24, 2.45) is 0 Å². The zero-order valence-electron chi connectivity index (χ0n) is 11.5. The van der Waals surface area contributed by atoms with Gasteiger partial charge in [0.25, 0.3) is 0 Å². The molecular weight excluding hydrogens is 249 g/mol. The fourth-order valence-electron chi connectivity index (χ4n) is 1.66. The third kappa shape index (κ3) is 4.21. The van der Waals surface area contributed by atoms with Crippen molar-refractivity contribution >= 4 is 5.97 Å². The maximum atomic E-state index is 13.0. The van der Waals surface area contributed by atoms with Gasteiger partial charge in [-0.1, -0.05) is 0 Å². The van der Waals surface area contributed by atoms with Crippen LogP contribution in [0, 0.1) is 12.7 Å². The molecule has 1 aromatic rings. The Hall–Kier alpha value is -1.62. The fourth-order valence-corrected chi connectivity index (χ4v) is 1.66. The summed E-state index contributed by atoms with van der Waals surface area (Å²) in [5.74, 6) is -0.547. The molecule has 0 aliphatic heterocycles. The first-order valence-electron chi connectivity index (χ1n) is 6.20. The molecule has 0 spiro atoms. The van der Waals surface area contributed by atoms with Crippen LogP contribution in [-0.4, -0.2) is 30.3 Å². The first kappa shape index (κ1) is 15.4. The first-order chi connectivity index (χ1) is 8.89. The van der Waals surface area contributed by atoms with Gasteiger partial charge < -0.3 is 15.2 Å². The monoisotopic (exact) mass is 269 g/mol. The molecule has 5 heteroatoms. The first-order valence-corrected chi connectivity index (χ1v) is 6.20. The lowest BCUT2D eigenvalue weighted by atomic mass is 9.96. The quantitative estimate of drug-likeness (QED) is 0.746. The summed E-state index contributed by atoms with van der Waals surface area (Å²) in [6, 6.07) is 4.56. The van der Waals surface area contributed by atoms with Crippen molar-refractivity contribution in [3.05, 3.63) is 29.6 Å². The Morgan fingerprint density at radius 1 is 1.53 bits per heavy atom. The zero-order chi connectivity index (χ0) is 14.5. The molecule has 0 radical (unpaired) electrons. The third-order valence-electron chi connectivity index (χ3n) is 3.24. The zero-order valence-corrected chi connectivity index (χ0v) is 11.5.